The summed E-state index contributed by atoms with van der Waals surface area (Å²) in [5, 5.41) is 7.17. The van der Waals surface area contributed by atoms with Gasteiger partial charge in [-0.2, -0.15) is 0 Å². The van der Waals surface area contributed by atoms with E-state index in [1.165, 1.54) is 16.5 Å². The first-order chi connectivity index (χ1) is 14.0. The number of rotatable bonds is 6. The summed E-state index contributed by atoms with van der Waals surface area (Å²) in [7, 11) is 0. The van der Waals surface area contributed by atoms with E-state index in [1.807, 2.05) is 6.92 Å². The maximum Gasteiger partial charge on any atom is 0.252 e. The minimum absolute atomic E-state index is 0.181. The zero-order valence-electron chi connectivity index (χ0n) is 17.1. The van der Waals surface area contributed by atoms with Gasteiger partial charge in [-0.3, -0.25) is 14.7 Å². The van der Waals surface area contributed by atoms with Gasteiger partial charge in [-0.05, 0) is 37.6 Å². The third-order valence-electron chi connectivity index (χ3n) is 4.64. The Balaban J connectivity index is 1.55. The first-order valence-corrected chi connectivity index (χ1v) is 10.7. The quantitative estimate of drug-likeness (QED) is 0.715. The lowest BCUT2D eigenvalue weighted by molar-refractivity contribution is -0.116. The smallest absolute Gasteiger partial charge is 0.252 e. The van der Waals surface area contributed by atoms with Crippen molar-refractivity contribution in [1.82, 2.24) is 20.5 Å². The second-order valence-corrected chi connectivity index (χ2v) is 8.16. The molecule has 1 aliphatic heterocycles. The number of thiazole rings is 1. The Kier molecular flexibility index (Phi) is 7.48. The molecule has 1 aromatic heterocycles. The molecule has 0 aliphatic carbocycles. The van der Waals surface area contributed by atoms with E-state index >= 15 is 0 Å². The van der Waals surface area contributed by atoms with Gasteiger partial charge in [0.1, 0.15) is 0 Å². The van der Waals surface area contributed by atoms with E-state index in [-0.39, 0.29) is 5.91 Å². The van der Waals surface area contributed by atoms with Crippen LogP contribution in [0, 0.1) is 6.92 Å². The first-order valence-electron chi connectivity index (χ1n) is 9.93. The number of carbonyl (C=O) groups is 1. The van der Waals surface area contributed by atoms with Crippen LogP contribution >= 0.6 is 11.3 Å². The van der Waals surface area contributed by atoms with Crippen LogP contribution in [-0.2, 0) is 11.3 Å². The fraction of sp³-hybridized carbons (Fsp3) is 0.429. The maximum atomic E-state index is 11.8. The number of hydrogen-bond donors (Lipinski definition) is 2. The molecule has 0 unspecified atom stereocenters. The van der Waals surface area contributed by atoms with Crippen LogP contribution in [0.25, 0.3) is 10.2 Å². The number of aliphatic imine (C=N–C) groups is 2. The van der Waals surface area contributed by atoms with Gasteiger partial charge in [0.2, 0.25) is 5.96 Å². The average Bonchev–Trinajstić information content (AvgIpc) is 3.08. The highest BCUT2D eigenvalue weighted by Crippen LogP contribution is 2.22. The lowest BCUT2D eigenvalue weighted by Crippen LogP contribution is -2.35. The Bertz CT molecular complexity index is 932. The fourth-order valence-electron chi connectivity index (χ4n) is 3.04. The predicted octanol–water partition coefficient (Wildman–Crippen LogP) is 2.52. The molecule has 0 saturated heterocycles. The van der Waals surface area contributed by atoms with Crippen LogP contribution in [0.3, 0.4) is 0 Å². The van der Waals surface area contributed by atoms with Crippen LogP contribution in [0.2, 0.25) is 0 Å². The molecular weight excluding hydrogens is 384 g/mol. The van der Waals surface area contributed by atoms with Crippen molar-refractivity contribution in [3.05, 3.63) is 40.9 Å². The molecule has 0 radical (unpaired) electrons. The average molecular weight is 413 g/mol. The van der Waals surface area contributed by atoms with Crippen molar-refractivity contribution in [1.29, 1.82) is 0 Å². The third kappa shape index (κ3) is 6.20. The minimum atomic E-state index is -0.181. The van der Waals surface area contributed by atoms with Crippen molar-refractivity contribution in [2.45, 2.75) is 26.8 Å². The van der Waals surface area contributed by atoms with E-state index in [9.17, 15) is 4.79 Å². The Labute approximate surface area is 175 Å². The summed E-state index contributed by atoms with van der Waals surface area (Å²) in [6.07, 6.45) is 2.24. The van der Waals surface area contributed by atoms with Gasteiger partial charge in [-0.25, -0.2) is 9.98 Å². The fourth-order valence-corrected chi connectivity index (χ4v) is 3.85. The van der Waals surface area contributed by atoms with E-state index in [0.29, 0.717) is 24.6 Å². The number of amides is 1. The number of aromatic nitrogens is 1. The maximum absolute atomic E-state index is 11.8. The van der Waals surface area contributed by atoms with E-state index in [0.717, 1.165) is 43.1 Å². The number of carbonyl (C=O) groups excluding carboxylic acids is 1. The highest BCUT2D eigenvalue weighted by molar-refractivity contribution is 7.18. The molecule has 0 spiro atoms. The molecule has 7 nitrogen and oxygen atoms in total. The van der Waals surface area contributed by atoms with Crippen LogP contribution in [0.15, 0.2) is 40.3 Å². The second-order valence-electron chi connectivity index (χ2n) is 6.93. The number of nitrogens with one attached hydrogen (secondary N) is 2. The molecule has 1 aromatic carbocycles. The zero-order chi connectivity index (χ0) is 20.6. The van der Waals surface area contributed by atoms with Gasteiger partial charge >= 0.3 is 0 Å². The molecule has 1 aliphatic rings. The Hall–Kier alpha value is -2.58. The van der Waals surface area contributed by atoms with Gasteiger partial charge in [0.15, 0.2) is 0 Å². The number of aryl methyl sites for hydroxylation is 1. The summed E-state index contributed by atoms with van der Waals surface area (Å²) in [6, 6.07) is 6.53. The first kappa shape index (κ1) is 21.1. The lowest BCUT2D eigenvalue weighted by atomic mass is 10.2. The summed E-state index contributed by atoms with van der Waals surface area (Å²) in [5.74, 6) is 0.371. The van der Waals surface area contributed by atoms with Crippen molar-refractivity contribution < 1.29 is 4.79 Å². The largest absolute Gasteiger partial charge is 0.353 e. The molecular formula is C21H28N6OS. The Morgan fingerprint density at radius 2 is 2.24 bits per heavy atom. The van der Waals surface area contributed by atoms with Crippen molar-refractivity contribution >= 4 is 39.6 Å². The molecule has 2 aromatic rings. The molecule has 0 bridgehead atoms. The number of benzene rings is 1. The molecule has 2 N–H and O–H groups in total. The molecule has 2 heterocycles. The molecule has 29 heavy (non-hydrogen) atoms. The minimum Gasteiger partial charge on any atom is -0.353 e. The Morgan fingerprint density at radius 1 is 1.38 bits per heavy atom. The number of hydrogen-bond acceptors (Lipinski definition) is 7. The van der Waals surface area contributed by atoms with E-state index in [1.54, 1.807) is 11.3 Å². The molecule has 154 valence electrons. The van der Waals surface area contributed by atoms with Crippen molar-refractivity contribution in [3.8, 4) is 0 Å². The summed E-state index contributed by atoms with van der Waals surface area (Å²) in [5.41, 5.74) is 2.68. The van der Waals surface area contributed by atoms with Crippen LogP contribution in [0.5, 0.6) is 0 Å². The monoisotopic (exact) mass is 412 g/mol. The molecule has 1 amide bonds. The van der Waals surface area contributed by atoms with Gasteiger partial charge in [-0.1, -0.05) is 19.6 Å². The van der Waals surface area contributed by atoms with Crippen molar-refractivity contribution in [2.75, 3.05) is 32.7 Å². The normalized spacial score (nSPS) is 18.4. The van der Waals surface area contributed by atoms with Crippen LogP contribution < -0.4 is 10.6 Å². The molecule has 0 saturated carbocycles. The SMILES string of the molecule is C=C1/C=N\C(NCCN(CC)Cc2ccc3sc(C)nc3c2)=N/CCCNC1=O. The number of nitrogens with zero attached hydrogens (tertiary/aromatic N) is 4. The van der Waals surface area contributed by atoms with E-state index < -0.39 is 0 Å². The lowest BCUT2D eigenvalue weighted by Gasteiger charge is -2.21. The standard InChI is InChI=1S/C21H28N6OS/c1-4-27(14-17-6-7-19-18(12-17)26-16(3)29-19)11-10-24-21-23-9-5-8-22-20(28)15(2)13-25-21/h6-7,12-13H,2,4-5,8-11,14H2,1,3H3,(H,22,28)(H,23,24)/b25-13-. The summed E-state index contributed by atoms with van der Waals surface area (Å²) in [4.78, 5) is 27.5. The van der Waals surface area contributed by atoms with Gasteiger partial charge in [0.05, 0.1) is 20.8 Å². The number of fused-ring (bicyclic) bond motifs is 1. The summed E-state index contributed by atoms with van der Waals surface area (Å²) < 4.78 is 1.23. The van der Waals surface area contributed by atoms with Gasteiger partial charge in [-0.15, -0.1) is 11.3 Å². The van der Waals surface area contributed by atoms with E-state index in [2.05, 4.69) is 62.2 Å². The second kappa shape index (κ2) is 10.3. The highest BCUT2D eigenvalue weighted by atomic mass is 32.1. The van der Waals surface area contributed by atoms with Crippen LogP contribution in [0.4, 0.5) is 0 Å². The number of guanidine groups is 1. The van der Waals surface area contributed by atoms with Gasteiger partial charge in [0, 0.05) is 38.9 Å². The Morgan fingerprint density at radius 3 is 3.07 bits per heavy atom. The highest BCUT2D eigenvalue weighted by Gasteiger charge is 2.09. The van der Waals surface area contributed by atoms with Gasteiger partial charge in [0.25, 0.3) is 5.91 Å². The molecule has 0 fully saturated rings. The summed E-state index contributed by atoms with van der Waals surface area (Å²) in [6.45, 7) is 12.6. The number of likely N-dealkylation sites (N-methyl/N-ethyl adjacent to an activating group) is 1. The molecule has 8 heteroatoms. The topological polar surface area (TPSA) is 82.0 Å². The van der Waals surface area contributed by atoms with Crippen molar-refractivity contribution in [3.63, 3.8) is 0 Å². The van der Waals surface area contributed by atoms with Gasteiger partial charge < -0.3 is 10.6 Å². The third-order valence-corrected chi connectivity index (χ3v) is 5.59. The van der Waals surface area contributed by atoms with Crippen LogP contribution in [-0.4, -0.2) is 60.7 Å². The zero-order valence-corrected chi connectivity index (χ0v) is 17.9. The molecule has 3 rings (SSSR count). The predicted molar refractivity (Wildman–Crippen MR) is 121 cm³/mol. The van der Waals surface area contributed by atoms with Crippen molar-refractivity contribution in [2.24, 2.45) is 9.98 Å². The summed E-state index contributed by atoms with van der Waals surface area (Å²) >= 11 is 1.73. The van der Waals surface area contributed by atoms with Crippen LogP contribution in [0.1, 0.15) is 23.9 Å². The van der Waals surface area contributed by atoms with E-state index in [4.69, 9.17) is 0 Å². The molecule has 0 atom stereocenters.